The third-order valence-corrected chi connectivity index (χ3v) is 2.46. The average molecular weight is 217 g/mol. The average Bonchev–Trinajstić information content (AvgIpc) is 2.26. The Bertz CT molecular complexity index is 255. The molecule has 6 heteroatoms. The highest BCUT2D eigenvalue weighted by molar-refractivity contribution is 5.81. The highest BCUT2D eigenvalue weighted by Gasteiger charge is 2.36. The van der Waals surface area contributed by atoms with Crippen molar-refractivity contribution in [3.8, 4) is 0 Å². The lowest BCUT2D eigenvalue weighted by atomic mass is 10.0. The number of rotatable bonds is 1. The van der Waals surface area contributed by atoms with Gasteiger partial charge in [-0.15, -0.1) is 0 Å². The van der Waals surface area contributed by atoms with Gasteiger partial charge in [-0.1, -0.05) is 0 Å². The van der Waals surface area contributed by atoms with Gasteiger partial charge in [0.2, 0.25) is 0 Å². The Morgan fingerprint density at radius 2 is 2.00 bits per heavy atom. The molecule has 0 aromatic rings. The molecule has 1 aliphatic rings. The minimum atomic E-state index is -0.744. The number of piperidine rings is 1. The van der Waals surface area contributed by atoms with Crippen LogP contribution >= 0.6 is 0 Å². The molecule has 1 saturated heterocycles. The molecule has 1 fully saturated rings. The summed E-state index contributed by atoms with van der Waals surface area (Å²) >= 11 is 0. The van der Waals surface area contributed by atoms with Gasteiger partial charge in [-0.3, -0.25) is 4.90 Å². The van der Waals surface area contributed by atoms with Gasteiger partial charge in [0.25, 0.3) is 0 Å². The zero-order valence-corrected chi connectivity index (χ0v) is 8.80. The fourth-order valence-corrected chi connectivity index (χ4v) is 1.64. The number of amides is 1. The highest BCUT2D eigenvalue weighted by Crippen LogP contribution is 2.19. The number of aliphatic hydroxyl groups is 1. The maximum Gasteiger partial charge on any atom is 0.410 e. The predicted octanol–water partition coefficient (Wildman–Crippen LogP) is -0.249. The van der Waals surface area contributed by atoms with E-state index in [0.29, 0.717) is 13.0 Å². The van der Waals surface area contributed by atoms with Crippen LogP contribution in [0.4, 0.5) is 4.79 Å². The molecule has 0 bridgehead atoms. The highest BCUT2D eigenvalue weighted by atomic mass is 16.5. The molecule has 86 valence electrons. The van der Waals surface area contributed by atoms with Crippen molar-refractivity contribution in [3.05, 3.63) is 0 Å². The van der Waals surface area contributed by atoms with Crippen LogP contribution in [0.2, 0.25) is 0 Å². The van der Waals surface area contributed by atoms with Crippen LogP contribution in [0, 0.1) is 0 Å². The van der Waals surface area contributed by atoms with Gasteiger partial charge >= 0.3 is 12.1 Å². The molecule has 0 saturated carbocycles. The number of hydrogen-bond acceptors (Lipinski definition) is 5. The van der Waals surface area contributed by atoms with E-state index in [4.69, 9.17) is 0 Å². The summed E-state index contributed by atoms with van der Waals surface area (Å²) in [5.74, 6) is -0.529. The van der Waals surface area contributed by atoms with E-state index in [-0.39, 0.29) is 6.42 Å². The van der Waals surface area contributed by atoms with Gasteiger partial charge in [0.1, 0.15) is 6.04 Å². The Hall–Kier alpha value is -1.30. The van der Waals surface area contributed by atoms with Crippen LogP contribution in [0.1, 0.15) is 12.8 Å². The Balaban J connectivity index is 2.74. The number of hydrogen-bond donors (Lipinski definition) is 1. The largest absolute Gasteiger partial charge is 0.467 e. The van der Waals surface area contributed by atoms with Crippen molar-refractivity contribution >= 4 is 12.1 Å². The fraction of sp³-hybridized carbons (Fsp3) is 0.778. The number of esters is 1. The van der Waals surface area contributed by atoms with Crippen molar-refractivity contribution < 1.29 is 24.2 Å². The topological polar surface area (TPSA) is 76.1 Å². The minimum absolute atomic E-state index is 0.196. The van der Waals surface area contributed by atoms with Gasteiger partial charge in [0.15, 0.2) is 0 Å². The molecule has 0 radical (unpaired) electrons. The lowest BCUT2D eigenvalue weighted by molar-refractivity contribution is -0.149. The molecule has 1 rings (SSSR count). The lowest BCUT2D eigenvalue weighted by Gasteiger charge is -2.34. The van der Waals surface area contributed by atoms with E-state index in [1.54, 1.807) is 0 Å². The van der Waals surface area contributed by atoms with Crippen molar-refractivity contribution in [1.29, 1.82) is 0 Å². The molecule has 1 N–H and O–H groups in total. The van der Waals surface area contributed by atoms with Crippen LogP contribution in [-0.4, -0.2) is 55.0 Å². The van der Waals surface area contributed by atoms with Gasteiger partial charge in [0, 0.05) is 13.0 Å². The Morgan fingerprint density at radius 1 is 1.33 bits per heavy atom. The summed E-state index contributed by atoms with van der Waals surface area (Å²) in [4.78, 5) is 24.0. The summed E-state index contributed by atoms with van der Waals surface area (Å²) in [7, 11) is 2.50. The maximum absolute atomic E-state index is 11.4. The van der Waals surface area contributed by atoms with Crippen molar-refractivity contribution in [3.63, 3.8) is 0 Å². The first-order valence-corrected chi connectivity index (χ1v) is 4.70. The predicted molar refractivity (Wildman–Crippen MR) is 50.2 cm³/mol. The summed E-state index contributed by atoms with van der Waals surface area (Å²) in [5.41, 5.74) is 0. The van der Waals surface area contributed by atoms with Crippen LogP contribution in [0.15, 0.2) is 0 Å². The molecule has 0 unspecified atom stereocenters. The number of methoxy groups -OCH3 is 2. The number of likely N-dealkylation sites (tertiary alicyclic amines) is 1. The molecule has 2 atom stereocenters. The monoisotopic (exact) mass is 217 g/mol. The summed E-state index contributed by atoms with van der Waals surface area (Å²) in [6.07, 6.45) is -0.503. The van der Waals surface area contributed by atoms with E-state index < -0.39 is 24.2 Å². The van der Waals surface area contributed by atoms with E-state index in [9.17, 15) is 14.7 Å². The van der Waals surface area contributed by atoms with Gasteiger partial charge in [-0.05, 0) is 6.42 Å². The Labute approximate surface area is 87.8 Å². The van der Waals surface area contributed by atoms with E-state index in [1.165, 1.54) is 19.1 Å². The molecule has 1 heterocycles. The third-order valence-electron chi connectivity index (χ3n) is 2.46. The first-order valence-electron chi connectivity index (χ1n) is 4.70. The van der Waals surface area contributed by atoms with Gasteiger partial charge < -0.3 is 14.6 Å². The van der Waals surface area contributed by atoms with Gasteiger partial charge in [-0.2, -0.15) is 0 Å². The first kappa shape index (κ1) is 11.8. The van der Waals surface area contributed by atoms with Crippen molar-refractivity contribution in [2.45, 2.75) is 25.0 Å². The Morgan fingerprint density at radius 3 is 2.53 bits per heavy atom. The van der Waals surface area contributed by atoms with Crippen LogP contribution in [0.25, 0.3) is 0 Å². The smallest absolute Gasteiger partial charge is 0.410 e. The zero-order valence-electron chi connectivity index (χ0n) is 8.80. The normalized spacial score (nSPS) is 25.9. The second kappa shape index (κ2) is 4.97. The molecule has 0 spiro atoms. The van der Waals surface area contributed by atoms with E-state index in [0.717, 1.165) is 0 Å². The molecule has 1 aliphatic heterocycles. The molecule has 1 amide bonds. The standard InChI is InChI=1S/C9H15NO5/c1-14-8(12)7-5-6(11)3-4-10(7)9(13)15-2/h6-7,11H,3-5H2,1-2H3/t6-,7-/m1/s1. The van der Waals surface area contributed by atoms with Crippen molar-refractivity contribution in [2.75, 3.05) is 20.8 Å². The molecule has 6 nitrogen and oxygen atoms in total. The van der Waals surface area contributed by atoms with Gasteiger partial charge in [-0.25, -0.2) is 9.59 Å². The summed E-state index contributed by atoms with van der Waals surface area (Å²) < 4.78 is 9.11. The summed E-state index contributed by atoms with van der Waals surface area (Å²) in [6.45, 7) is 0.299. The second-order valence-electron chi connectivity index (χ2n) is 3.38. The van der Waals surface area contributed by atoms with Gasteiger partial charge in [0.05, 0.1) is 20.3 Å². The maximum atomic E-state index is 11.4. The number of ether oxygens (including phenoxy) is 2. The number of nitrogens with zero attached hydrogens (tertiary/aromatic N) is 1. The Kier molecular flexibility index (Phi) is 3.90. The number of carbonyl (C=O) groups is 2. The SMILES string of the molecule is COC(=O)[C@H]1C[C@H](O)CCN1C(=O)OC. The second-order valence-corrected chi connectivity index (χ2v) is 3.38. The quantitative estimate of drug-likeness (QED) is 0.613. The van der Waals surface area contributed by atoms with Crippen LogP contribution in [0.3, 0.4) is 0 Å². The first-order chi connectivity index (χ1) is 7.10. The third kappa shape index (κ3) is 2.59. The van der Waals surface area contributed by atoms with E-state index in [1.807, 2.05) is 0 Å². The number of aliphatic hydroxyl groups excluding tert-OH is 1. The summed E-state index contributed by atoms with van der Waals surface area (Å²) in [6, 6.07) is -0.744. The molecular formula is C9H15NO5. The fourth-order valence-electron chi connectivity index (χ4n) is 1.64. The molecule has 0 aromatic carbocycles. The van der Waals surface area contributed by atoms with Crippen LogP contribution in [0.5, 0.6) is 0 Å². The number of carbonyl (C=O) groups excluding carboxylic acids is 2. The minimum Gasteiger partial charge on any atom is -0.467 e. The van der Waals surface area contributed by atoms with Crippen molar-refractivity contribution in [1.82, 2.24) is 4.90 Å². The van der Waals surface area contributed by atoms with Crippen LogP contribution in [-0.2, 0) is 14.3 Å². The van der Waals surface area contributed by atoms with E-state index >= 15 is 0 Å². The summed E-state index contributed by atoms with van der Waals surface area (Å²) in [5, 5.41) is 9.41. The molecule has 0 aliphatic carbocycles. The van der Waals surface area contributed by atoms with Crippen LogP contribution < -0.4 is 0 Å². The molecule has 15 heavy (non-hydrogen) atoms. The van der Waals surface area contributed by atoms with E-state index in [2.05, 4.69) is 9.47 Å². The zero-order chi connectivity index (χ0) is 11.4. The van der Waals surface area contributed by atoms with Crippen molar-refractivity contribution in [2.24, 2.45) is 0 Å². The molecule has 0 aromatic heterocycles. The lowest BCUT2D eigenvalue weighted by Crippen LogP contribution is -2.51. The molecular weight excluding hydrogens is 202 g/mol.